The molecule has 0 saturated heterocycles. The van der Waals surface area contributed by atoms with Crippen molar-refractivity contribution in [3.8, 4) is 5.75 Å². The summed E-state index contributed by atoms with van der Waals surface area (Å²) in [4.78, 5) is 12.0. The van der Waals surface area contributed by atoms with E-state index >= 15 is 0 Å². The molecule has 0 bridgehead atoms. The molecule has 0 radical (unpaired) electrons. The number of rotatable bonds is 14. The molecule has 1 aliphatic rings. The molecule has 0 aromatic heterocycles. The fourth-order valence-electron chi connectivity index (χ4n) is 6.20. The summed E-state index contributed by atoms with van der Waals surface area (Å²) in [5.41, 5.74) is 3.83. The lowest BCUT2D eigenvalue weighted by Crippen LogP contribution is -2.34. The third-order valence-electron chi connectivity index (χ3n) is 8.46. The van der Waals surface area contributed by atoms with Crippen LogP contribution < -0.4 is 10.1 Å². The highest BCUT2D eigenvalue weighted by molar-refractivity contribution is 5.73. The van der Waals surface area contributed by atoms with Crippen LogP contribution in [0.3, 0.4) is 0 Å². The zero-order valence-corrected chi connectivity index (χ0v) is 24.3. The van der Waals surface area contributed by atoms with Gasteiger partial charge in [0.1, 0.15) is 12.4 Å². The van der Waals surface area contributed by atoms with Crippen LogP contribution in [0, 0.1) is 5.92 Å². The Hall–Kier alpha value is -2.33. The van der Waals surface area contributed by atoms with Gasteiger partial charge in [-0.2, -0.15) is 0 Å². The van der Waals surface area contributed by atoms with Crippen LogP contribution in [0.4, 0.5) is 0 Å². The van der Waals surface area contributed by atoms with Gasteiger partial charge < -0.3 is 15.2 Å². The van der Waals surface area contributed by atoms with Gasteiger partial charge in [0.15, 0.2) is 0 Å². The number of ether oxygens (including phenoxy) is 1. The van der Waals surface area contributed by atoms with E-state index in [1.165, 1.54) is 36.8 Å². The predicted octanol–water partition coefficient (Wildman–Crippen LogP) is 8.06. The monoisotopic (exact) mass is 521 g/mol. The van der Waals surface area contributed by atoms with E-state index in [1.54, 1.807) is 6.92 Å². The Morgan fingerprint density at radius 3 is 2.55 bits per heavy atom. The third kappa shape index (κ3) is 9.15. The molecule has 2 aromatic carbocycles. The van der Waals surface area contributed by atoms with Crippen molar-refractivity contribution in [1.82, 2.24) is 5.32 Å². The van der Waals surface area contributed by atoms with Gasteiger partial charge in [0.2, 0.25) is 5.91 Å². The summed E-state index contributed by atoms with van der Waals surface area (Å²) in [7, 11) is 0. The van der Waals surface area contributed by atoms with E-state index in [2.05, 4.69) is 68.6 Å². The molecule has 4 heteroatoms. The normalized spacial score (nSPS) is 20.1. The van der Waals surface area contributed by atoms with Crippen LogP contribution in [-0.4, -0.2) is 23.7 Å². The summed E-state index contributed by atoms with van der Waals surface area (Å²) < 4.78 is 6.63. The van der Waals surface area contributed by atoms with Gasteiger partial charge in [0.05, 0.1) is 0 Å². The molecule has 38 heavy (non-hydrogen) atoms. The topological polar surface area (TPSA) is 58.6 Å². The Balaban J connectivity index is 1.95. The minimum Gasteiger partial charge on any atom is -0.489 e. The molecule has 1 aliphatic carbocycles. The highest BCUT2D eigenvalue weighted by Crippen LogP contribution is 2.44. The number of aliphatic hydroxyl groups excluding tert-OH is 1. The molecule has 1 amide bonds. The molecule has 2 aromatic rings. The number of amides is 1. The Kier molecular flexibility index (Phi) is 12.2. The van der Waals surface area contributed by atoms with Crippen molar-refractivity contribution in [2.45, 2.75) is 122 Å². The van der Waals surface area contributed by atoms with Crippen molar-refractivity contribution >= 4 is 5.91 Å². The summed E-state index contributed by atoms with van der Waals surface area (Å²) in [5.74, 6) is 1.78. The number of aliphatic hydroxyl groups is 1. The molecule has 1 fully saturated rings. The molecular formula is C34H51NO3. The molecule has 0 spiro atoms. The first kappa shape index (κ1) is 30.2. The number of benzene rings is 2. The average Bonchev–Trinajstić information content (AvgIpc) is 3.10. The van der Waals surface area contributed by atoms with Crippen LogP contribution in [0.1, 0.15) is 121 Å². The van der Waals surface area contributed by atoms with Crippen LogP contribution in [0.25, 0.3) is 0 Å². The van der Waals surface area contributed by atoms with Gasteiger partial charge in [0.25, 0.3) is 0 Å². The van der Waals surface area contributed by atoms with Gasteiger partial charge in [-0.1, -0.05) is 95.3 Å². The average molecular weight is 522 g/mol. The number of nitrogens with one attached hydrogen (secondary N) is 1. The summed E-state index contributed by atoms with van der Waals surface area (Å²) >= 11 is 0. The zero-order valence-electron chi connectivity index (χ0n) is 24.3. The van der Waals surface area contributed by atoms with Gasteiger partial charge in [-0.25, -0.2) is 0 Å². The summed E-state index contributed by atoms with van der Waals surface area (Å²) in [6.45, 7) is 9.36. The SMILES string of the molecule is CCCCCCC(C)(C)c1ccc([C@@H]2C[C@H](NC(C)=O)CCC[C@H]2CCCO)c(OCc2ccccc2)c1. The minimum absolute atomic E-state index is 0.0447. The van der Waals surface area contributed by atoms with Crippen molar-refractivity contribution in [2.24, 2.45) is 5.92 Å². The molecule has 3 rings (SSSR count). The largest absolute Gasteiger partial charge is 0.489 e. The van der Waals surface area contributed by atoms with Gasteiger partial charge >= 0.3 is 0 Å². The number of hydrogen-bond donors (Lipinski definition) is 2. The highest BCUT2D eigenvalue weighted by atomic mass is 16.5. The summed E-state index contributed by atoms with van der Waals surface area (Å²) in [6.07, 6.45) is 12.2. The van der Waals surface area contributed by atoms with Crippen molar-refractivity contribution in [3.05, 3.63) is 65.2 Å². The van der Waals surface area contributed by atoms with E-state index in [0.717, 1.165) is 56.3 Å². The lowest BCUT2D eigenvalue weighted by molar-refractivity contribution is -0.119. The highest BCUT2D eigenvalue weighted by Gasteiger charge is 2.32. The maximum absolute atomic E-state index is 12.0. The first-order chi connectivity index (χ1) is 18.3. The first-order valence-electron chi connectivity index (χ1n) is 15.0. The molecule has 3 atom stereocenters. The van der Waals surface area contributed by atoms with Crippen molar-refractivity contribution in [3.63, 3.8) is 0 Å². The van der Waals surface area contributed by atoms with Crippen LogP contribution in [0.15, 0.2) is 48.5 Å². The lowest BCUT2D eigenvalue weighted by Gasteiger charge is -2.31. The maximum Gasteiger partial charge on any atom is 0.217 e. The molecule has 0 heterocycles. The molecule has 210 valence electrons. The van der Waals surface area contributed by atoms with Crippen molar-refractivity contribution in [2.75, 3.05) is 6.61 Å². The minimum atomic E-state index is 0.0447. The fraction of sp³-hybridized carbons (Fsp3) is 0.618. The van der Waals surface area contributed by atoms with E-state index in [-0.39, 0.29) is 29.9 Å². The van der Waals surface area contributed by atoms with Crippen molar-refractivity contribution < 1.29 is 14.6 Å². The first-order valence-corrected chi connectivity index (χ1v) is 15.0. The Labute approximate surface area is 231 Å². The van der Waals surface area contributed by atoms with Gasteiger partial charge in [-0.3, -0.25) is 4.79 Å². The molecular weight excluding hydrogens is 470 g/mol. The van der Waals surface area contributed by atoms with E-state index in [4.69, 9.17) is 4.74 Å². The molecule has 1 saturated carbocycles. The standard InChI is InChI=1S/C34H51NO3/c1-5-6-7-11-21-34(3,4)29-19-20-31(33(23-29)38-25-27-14-9-8-10-15-27)32-24-30(35-26(2)37)18-12-16-28(32)17-13-22-36/h8-10,14-15,19-20,23,28,30,32,36H,5-7,11-13,16-18,21-22,24-25H2,1-4H3,(H,35,37)/t28-,30+,32+/m0/s1. The second-order valence-corrected chi connectivity index (χ2v) is 12.0. The van der Waals surface area contributed by atoms with Gasteiger partial charge in [-0.15, -0.1) is 0 Å². The number of carbonyl (C=O) groups is 1. The van der Waals surface area contributed by atoms with E-state index in [1.807, 2.05) is 6.07 Å². The summed E-state index contributed by atoms with van der Waals surface area (Å²) in [5, 5.41) is 12.8. The van der Waals surface area contributed by atoms with Crippen LogP contribution in [-0.2, 0) is 16.8 Å². The van der Waals surface area contributed by atoms with Crippen molar-refractivity contribution in [1.29, 1.82) is 0 Å². The van der Waals surface area contributed by atoms with Crippen LogP contribution >= 0.6 is 0 Å². The zero-order chi connectivity index (χ0) is 27.4. The van der Waals surface area contributed by atoms with E-state index < -0.39 is 0 Å². The van der Waals surface area contributed by atoms with Crippen LogP contribution in [0.2, 0.25) is 0 Å². The molecule has 0 unspecified atom stereocenters. The van der Waals surface area contributed by atoms with Gasteiger partial charge in [0, 0.05) is 19.6 Å². The summed E-state index contributed by atoms with van der Waals surface area (Å²) in [6, 6.07) is 17.5. The fourth-order valence-corrected chi connectivity index (χ4v) is 6.20. The van der Waals surface area contributed by atoms with Crippen LogP contribution in [0.5, 0.6) is 5.75 Å². The third-order valence-corrected chi connectivity index (χ3v) is 8.46. The maximum atomic E-state index is 12.0. The molecule has 4 nitrogen and oxygen atoms in total. The Morgan fingerprint density at radius 1 is 1.05 bits per heavy atom. The predicted molar refractivity (Wildman–Crippen MR) is 158 cm³/mol. The second-order valence-electron chi connectivity index (χ2n) is 12.0. The molecule has 0 aliphatic heterocycles. The Bertz CT molecular complexity index is 971. The lowest BCUT2D eigenvalue weighted by atomic mass is 9.76. The number of carbonyl (C=O) groups excluding carboxylic acids is 1. The van der Waals surface area contributed by atoms with E-state index in [9.17, 15) is 9.90 Å². The molecule has 2 N–H and O–H groups in total. The number of hydrogen-bond acceptors (Lipinski definition) is 3. The number of unbranched alkanes of at least 4 members (excludes halogenated alkanes) is 3. The Morgan fingerprint density at radius 2 is 1.84 bits per heavy atom. The quantitative estimate of drug-likeness (QED) is 0.195. The smallest absolute Gasteiger partial charge is 0.217 e. The van der Waals surface area contributed by atoms with E-state index in [0.29, 0.717) is 12.5 Å². The second kappa shape index (κ2) is 15.3. The van der Waals surface area contributed by atoms with Gasteiger partial charge in [-0.05, 0) is 78.5 Å².